The van der Waals surface area contributed by atoms with Crippen LogP contribution in [0.5, 0.6) is 0 Å². The molecule has 0 radical (unpaired) electrons. The van der Waals surface area contributed by atoms with Crippen molar-refractivity contribution in [2.75, 3.05) is 53.4 Å². The van der Waals surface area contributed by atoms with Gasteiger partial charge in [0.15, 0.2) is 0 Å². The van der Waals surface area contributed by atoms with E-state index in [-0.39, 0.29) is 44.6 Å². The minimum absolute atomic E-state index is 0.0831. The molecular weight excluding hydrogens is 490 g/mol. The molecule has 2 atom stereocenters. The Hall–Kier alpha value is -2.59. The van der Waals surface area contributed by atoms with Crippen molar-refractivity contribution in [1.82, 2.24) is 9.88 Å². The van der Waals surface area contributed by atoms with Crippen LogP contribution in [0.2, 0.25) is 0 Å². The summed E-state index contributed by atoms with van der Waals surface area (Å²) in [4.78, 5) is 37.3. The standard InChI is InChI=1S/C26H34F2N2O7/c1-4-6-7-19-16-21-20-14-18(27)15-22(28)25(20)29-26(21)23(30(19)24(31)5-2)17-33-9-11-35-37-13-12-36-34-10-8-32-3/h2,14-15,19,23,29H,4,6-13,16-17H2,1,3H3/t19-,23-/m0/s1. The first-order valence-corrected chi connectivity index (χ1v) is 12.4. The second kappa shape index (κ2) is 15.0. The summed E-state index contributed by atoms with van der Waals surface area (Å²) < 4.78 is 39.3. The molecular formula is C26H34F2N2O7. The van der Waals surface area contributed by atoms with Crippen molar-refractivity contribution in [3.05, 3.63) is 35.0 Å². The van der Waals surface area contributed by atoms with Crippen LogP contribution in [0, 0.1) is 24.0 Å². The highest BCUT2D eigenvalue weighted by Crippen LogP contribution is 2.39. The van der Waals surface area contributed by atoms with E-state index in [2.05, 4.69) is 17.8 Å². The smallest absolute Gasteiger partial charge is 0.299 e. The number of H-pyrrole nitrogens is 1. The number of rotatable bonds is 16. The first-order chi connectivity index (χ1) is 18.0. The predicted octanol–water partition coefficient (Wildman–Crippen LogP) is 3.62. The number of halogens is 2. The molecule has 0 saturated heterocycles. The largest absolute Gasteiger partial charge is 0.382 e. The number of nitrogens with one attached hydrogen (secondary N) is 1. The number of nitrogens with zero attached hydrogens (tertiary/aromatic N) is 1. The van der Waals surface area contributed by atoms with Crippen LogP contribution in [-0.4, -0.2) is 75.2 Å². The van der Waals surface area contributed by atoms with E-state index >= 15 is 0 Å². The number of carbonyl (C=O) groups is 1. The molecule has 0 bridgehead atoms. The Morgan fingerprint density at radius 1 is 1.11 bits per heavy atom. The Morgan fingerprint density at radius 2 is 1.78 bits per heavy atom. The molecule has 3 rings (SSSR count). The maximum atomic E-state index is 14.6. The molecule has 1 N–H and O–H groups in total. The first-order valence-electron chi connectivity index (χ1n) is 12.4. The number of ether oxygens (including phenoxy) is 2. The normalized spacial score (nSPS) is 17.2. The lowest BCUT2D eigenvalue weighted by molar-refractivity contribution is -0.344. The van der Waals surface area contributed by atoms with Gasteiger partial charge in [-0.15, -0.1) is 6.42 Å². The Morgan fingerprint density at radius 3 is 2.43 bits per heavy atom. The molecule has 37 heavy (non-hydrogen) atoms. The number of carbonyl (C=O) groups excluding carboxylic acids is 1. The van der Waals surface area contributed by atoms with E-state index in [1.165, 1.54) is 6.07 Å². The van der Waals surface area contributed by atoms with Crippen molar-refractivity contribution in [2.24, 2.45) is 0 Å². The number of aromatic amines is 1. The second-order valence-electron chi connectivity index (χ2n) is 8.56. The minimum atomic E-state index is -0.692. The molecule has 9 nitrogen and oxygen atoms in total. The zero-order chi connectivity index (χ0) is 26.6. The van der Waals surface area contributed by atoms with Crippen LogP contribution in [0.1, 0.15) is 43.5 Å². The number of hydrogen-bond donors (Lipinski definition) is 1. The van der Waals surface area contributed by atoms with Crippen LogP contribution in [0.4, 0.5) is 8.78 Å². The van der Waals surface area contributed by atoms with Crippen LogP contribution < -0.4 is 0 Å². The number of benzene rings is 1. The number of fused-ring (bicyclic) bond motifs is 3. The van der Waals surface area contributed by atoms with Crippen LogP contribution in [0.15, 0.2) is 12.1 Å². The summed E-state index contributed by atoms with van der Waals surface area (Å²) in [5.41, 5.74) is 1.57. The fraction of sp³-hybridized carbons (Fsp3) is 0.577. The Labute approximate surface area is 215 Å². The van der Waals surface area contributed by atoms with Crippen molar-refractivity contribution in [3.8, 4) is 12.3 Å². The number of unbranched alkanes of at least 4 members (excludes halogenated alkanes) is 1. The lowest BCUT2D eigenvalue weighted by Gasteiger charge is -2.41. The van der Waals surface area contributed by atoms with E-state index in [0.29, 0.717) is 37.1 Å². The summed E-state index contributed by atoms with van der Waals surface area (Å²) in [5, 5.41) is 0.469. The average molecular weight is 525 g/mol. The van der Waals surface area contributed by atoms with E-state index in [0.717, 1.165) is 24.5 Å². The second-order valence-corrected chi connectivity index (χ2v) is 8.56. The number of amides is 1. The molecule has 0 spiro atoms. The van der Waals surface area contributed by atoms with Gasteiger partial charge in [0, 0.05) is 30.3 Å². The number of terminal acetylenes is 1. The summed E-state index contributed by atoms with van der Waals surface area (Å²) >= 11 is 0. The molecule has 1 aliphatic rings. The highest BCUT2D eigenvalue weighted by molar-refractivity contribution is 5.94. The van der Waals surface area contributed by atoms with E-state index in [9.17, 15) is 13.6 Å². The third kappa shape index (κ3) is 7.70. The van der Waals surface area contributed by atoms with Gasteiger partial charge in [-0.25, -0.2) is 28.3 Å². The Kier molecular flexibility index (Phi) is 11.7. The van der Waals surface area contributed by atoms with Crippen LogP contribution >= 0.6 is 0 Å². The van der Waals surface area contributed by atoms with Crippen molar-refractivity contribution < 1.29 is 42.6 Å². The van der Waals surface area contributed by atoms with Gasteiger partial charge in [0.25, 0.3) is 5.91 Å². The summed E-state index contributed by atoms with van der Waals surface area (Å²) in [6.07, 6.45) is 8.45. The molecule has 2 heterocycles. The summed E-state index contributed by atoms with van der Waals surface area (Å²) in [6, 6.07) is 1.34. The van der Waals surface area contributed by atoms with Crippen molar-refractivity contribution in [2.45, 2.75) is 44.7 Å². The van der Waals surface area contributed by atoms with Crippen LogP contribution in [0.25, 0.3) is 10.9 Å². The van der Waals surface area contributed by atoms with Gasteiger partial charge in [-0.2, -0.15) is 0 Å². The van der Waals surface area contributed by atoms with Gasteiger partial charge in [-0.05, 0) is 30.4 Å². The molecule has 1 aromatic carbocycles. The molecule has 2 aromatic rings. The molecule has 204 valence electrons. The van der Waals surface area contributed by atoms with Gasteiger partial charge in [-0.1, -0.05) is 19.8 Å². The average Bonchev–Trinajstić information content (AvgIpc) is 3.26. The van der Waals surface area contributed by atoms with E-state index in [4.69, 9.17) is 35.4 Å². The third-order valence-corrected chi connectivity index (χ3v) is 6.09. The minimum Gasteiger partial charge on any atom is -0.382 e. The Bertz CT molecular complexity index is 1060. The van der Waals surface area contributed by atoms with E-state index in [1.807, 2.05) is 0 Å². The zero-order valence-electron chi connectivity index (χ0n) is 21.2. The Balaban J connectivity index is 1.64. The summed E-state index contributed by atoms with van der Waals surface area (Å²) in [7, 11) is 1.56. The third-order valence-electron chi connectivity index (χ3n) is 6.09. The van der Waals surface area contributed by atoms with Gasteiger partial charge >= 0.3 is 0 Å². The van der Waals surface area contributed by atoms with Crippen molar-refractivity contribution in [1.29, 1.82) is 0 Å². The first kappa shape index (κ1) is 29.0. The number of aromatic nitrogens is 1. The van der Waals surface area contributed by atoms with Gasteiger partial charge in [0.2, 0.25) is 0 Å². The van der Waals surface area contributed by atoms with Gasteiger partial charge < -0.3 is 19.4 Å². The van der Waals surface area contributed by atoms with Crippen molar-refractivity contribution >= 4 is 16.8 Å². The molecule has 0 fully saturated rings. The molecule has 0 aliphatic carbocycles. The fourth-order valence-corrected chi connectivity index (χ4v) is 4.46. The molecule has 0 saturated carbocycles. The van der Waals surface area contributed by atoms with Crippen LogP contribution in [0.3, 0.4) is 0 Å². The highest BCUT2D eigenvalue weighted by Gasteiger charge is 2.39. The highest BCUT2D eigenvalue weighted by atomic mass is 19.1. The summed E-state index contributed by atoms with van der Waals surface area (Å²) in [6.45, 7) is 3.49. The quantitative estimate of drug-likeness (QED) is 0.155. The van der Waals surface area contributed by atoms with E-state index < -0.39 is 23.6 Å². The van der Waals surface area contributed by atoms with Gasteiger partial charge in [-0.3, -0.25) is 4.79 Å². The lowest BCUT2D eigenvalue weighted by Crippen LogP contribution is -2.48. The summed E-state index contributed by atoms with van der Waals surface area (Å²) in [5.74, 6) is 0.389. The van der Waals surface area contributed by atoms with E-state index in [1.54, 1.807) is 12.0 Å². The topological polar surface area (TPSA) is 91.5 Å². The maximum Gasteiger partial charge on any atom is 0.299 e. The molecule has 11 heteroatoms. The number of hydrogen-bond acceptors (Lipinski definition) is 7. The van der Waals surface area contributed by atoms with Gasteiger partial charge in [0.1, 0.15) is 38.1 Å². The van der Waals surface area contributed by atoms with Crippen LogP contribution in [-0.2, 0) is 40.2 Å². The van der Waals surface area contributed by atoms with Gasteiger partial charge in [0.05, 0.1) is 31.4 Å². The zero-order valence-corrected chi connectivity index (χ0v) is 21.2. The maximum absolute atomic E-state index is 14.6. The predicted molar refractivity (Wildman–Crippen MR) is 130 cm³/mol. The molecule has 1 aliphatic heterocycles. The SMILES string of the molecule is C#CC(=O)N1[C@@H](CCCC)Cc2c([nH]c3c(F)cc(F)cc23)[C@@H]1COCCOOCCOOCCOC. The number of methoxy groups -OCH3 is 1. The van der Waals surface area contributed by atoms with Crippen molar-refractivity contribution in [3.63, 3.8) is 0 Å². The molecule has 0 unspecified atom stereocenters. The lowest BCUT2D eigenvalue weighted by atomic mass is 9.89. The molecule has 1 amide bonds. The molecule has 1 aromatic heterocycles. The fourth-order valence-electron chi connectivity index (χ4n) is 4.46. The monoisotopic (exact) mass is 524 g/mol.